The molecular weight excluding hydrogens is 230 g/mol. The number of hydrogen-bond acceptors (Lipinski definition) is 4. The molecule has 1 atom stereocenters. The van der Waals surface area contributed by atoms with Crippen LogP contribution in [0.5, 0.6) is 0 Å². The van der Waals surface area contributed by atoms with Crippen molar-refractivity contribution in [2.75, 3.05) is 11.2 Å². The Morgan fingerprint density at radius 3 is 2.87 bits per heavy atom. The molecule has 0 fully saturated rings. The third-order valence-corrected chi connectivity index (χ3v) is 3.12. The Bertz CT molecular complexity index is 277. The Balaban J connectivity index is 2.47. The lowest BCUT2D eigenvalue weighted by Gasteiger charge is -2.13. The number of nitrogens with one attached hydrogen (secondary N) is 1. The lowest BCUT2D eigenvalue weighted by atomic mass is 10.2. The Labute approximate surface area is 100 Å². The van der Waals surface area contributed by atoms with Crippen molar-refractivity contribution >= 4 is 28.3 Å². The van der Waals surface area contributed by atoms with E-state index in [2.05, 4.69) is 28.5 Å². The smallest absolute Gasteiger partial charge is 0.202 e. The second-order valence-electron chi connectivity index (χ2n) is 3.49. The first-order chi connectivity index (χ1) is 7.30. The van der Waals surface area contributed by atoms with Gasteiger partial charge in [0.05, 0.1) is 0 Å². The molecule has 1 unspecified atom stereocenters. The molecule has 3 nitrogen and oxygen atoms in total. The molecule has 0 aliphatic heterocycles. The Morgan fingerprint density at radius 2 is 2.27 bits per heavy atom. The molecule has 86 valence electrons. The van der Waals surface area contributed by atoms with E-state index in [1.165, 1.54) is 11.5 Å². The van der Waals surface area contributed by atoms with Crippen molar-refractivity contribution in [2.24, 2.45) is 0 Å². The minimum atomic E-state index is 0.421. The molecular formula is C10H18ClN3S. The van der Waals surface area contributed by atoms with Crippen LogP contribution in [0.2, 0.25) is 0 Å². The molecule has 1 aromatic rings. The van der Waals surface area contributed by atoms with Crippen molar-refractivity contribution in [3.05, 3.63) is 5.82 Å². The summed E-state index contributed by atoms with van der Waals surface area (Å²) in [6, 6.07) is 0.421. The summed E-state index contributed by atoms with van der Waals surface area (Å²) in [4.78, 5) is 4.42. The Kier molecular flexibility index (Phi) is 5.95. The average molecular weight is 248 g/mol. The molecule has 1 aromatic heterocycles. The van der Waals surface area contributed by atoms with E-state index in [1.807, 2.05) is 0 Å². The normalized spacial score (nSPS) is 12.7. The van der Waals surface area contributed by atoms with Gasteiger partial charge in [0.1, 0.15) is 5.82 Å². The molecule has 0 bridgehead atoms. The van der Waals surface area contributed by atoms with Gasteiger partial charge >= 0.3 is 0 Å². The van der Waals surface area contributed by atoms with Crippen LogP contribution >= 0.6 is 23.1 Å². The van der Waals surface area contributed by atoms with Gasteiger partial charge in [0.25, 0.3) is 0 Å². The molecule has 0 radical (unpaired) electrons. The zero-order valence-electron chi connectivity index (χ0n) is 9.29. The minimum Gasteiger partial charge on any atom is -0.358 e. The molecule has 5 heteroatoms. The fourth-order valence-corrected chi connectivity index (χ4v) is 2.28. The predicted octanol–water partition coefficient (Wildman–Crippen LogP) is 3.31. The fourth-order valence-electron chi connectivity index (χ4n) is 1.32. The van der Waals surface area contributed by atoms with E-state index in [9.17, 15) is 0 Å². The van der Waals surface area contributed by atoms with Gasteiger partial charge in [-0.2, -0.15) is 4.37 Å². The molecule has 0 amide bonds. The molecule has 1 heterocycles. The molecule has 0 aromatic carbocycles. The quantitative estimate of drug-likeness (QED) is 0.752. The second-order valence-corrected chi connectivity index (χ2v) is 4.62. The largest absolute Gasteiger partial charge is 0.358 e. The standard InChI is InChI=1S/C10H18ClN3S/c1-3-5-9-13-10(15-14-9)12-8(4-2)6-7-11/h8H,3-7H2,1-2H3,(H,12,13,14). The van der Waals surface area contributed by atoms with Crippen molar-refractivity contribution in [3.8, 4) is 0 Å². The molecule has 15 heavy (non-hydrogen) atoms. The van der Waals surface area contributed by atoms with Crippen LogP contribution < -0.4 is 5.32 Å². The van der Waals surface area contributed by atoms with Crippen molar-refractivity contribution in [1.82, 2.24) is 9.36 Å². The third-order valence-electron chi connectivity index (χ3n) is 2.22. The van der Waals surface area contributed by atoms with Gasteiger partial charge in [-0.15, -0.1) is 11.6 Å². The van der Waals surface area contributed by atoms with Gasteiger partial charge in [-0.1, -0.05) is 13.8 Å². The first-order valence-corrected chi connectivity index (χ1v) is 6.76. The number of hydrogen-bond donors (Lipinski definition) is 1. The van der Waals surface area contributed by atoms with Gasteiger partial charge in [0, 0.05) is 29.9 Å². The summed E-state index contributed by atoms with van der Waals surface area (Å²) in [5.74, 6) is 1.64. The highest BCUT2D eigenvalue weighted by molar-refractivity contribution is 7.09. The van der Waals surface area contributed by atoms with Crippen LogP contribution in [0.3, 0.4) is 0 Å². The lowest BCUT2D eigenvalue weighted by Crippen LogP contribution is -2.18. The molecule has 1 rings (SSSR count). The Morgan fingerprint density at radius 1 is 1.47 bits per heavy atom. The van der Waals surface area contributed by atoms with E-state index in [0.29, 0.717) is 11.9 Å². The maximum atomic E-state index is 5.72. The van der Waals surface area contributed by atoms with Gasteiger partial charge < -0.3 is 5.32 Å². The maximum Gasteiger partial charge on any atom is 0.202 e. The highest BCUT2D eigenvalue weighted by Crippen LogP contribution is 2.15. The average Bonchev–Trinajstić information content (AvgIpc) is 2.66. The van der Waals surface area contributed by atoms with Gasteiger partial charge in [0.15, 0.2) is 0 Å². The SMILES string of the molecule is CCCc1nsc(NC(CC)CCCl)n1. The summed E-state index contributed by atoms with van der Waals surface area (Å²) >= 11 is 7.17. The number of aromatic nitrogens is 2. The van der Waals surface area contributed by atoms with E-state index in [4.69, 9.17) is 11.6 Å². The number of anilines is 1. The molecule has 0 spiro atoms. The van der Waals surface area contributed by atoms with Crippen LogP contribution in [0.15, 0.2) is 0 Å². The molecule has 1 N–H and O–H groups in total. The Hall–Kier alpha value is -0.350. The van der Waals surface area contributed by atoms with Gasteiger partial charge in [-0.3, -0.25) is 0 Å². The van der Waals surface area contributed by atoms with Crippen LogP contribution in [-0.2, 0) is 6.42 Å². The predicted molar refractivity (Wildman–Crippen MR) is 66.9 cm³/mol. The second kappa shape index (κ2) is 7.01. The number of aryl methyl sites for hydroxylation is 1. The van der Waals surface area contributed by atoms with Crippen molar-refractivity contribution in [1.29, 1.82) is 0 Å². The highest BCUT2D eigenvalue weighted by atomic mass is 35.5. The summed E-state index contributed by atoms with van der Waals surface area (Å²) in [6.45, 7) is 4.29. The molecule has 0 aliphatic rings. The first kappa shape index (κ1) is 12.7. The fraction of sp³-hybridized carbons (Fsp3) is 0.800. The lowest BCUT2D eigenvalue weighted by molar-refractivity contribution is 0.673. The molecule has 0 aliphatic carbocycles. The first-order valence-electron chi connectivity index (χ1n) is 5.45. The minimum absolute atomic E-state index is 0.421. The van der Waals surface area contributed by atoms with E-state index in [1.54, 1.807) is 0 Å². The highest BCUT2D eigenvalue weighted by Gasteiger charge is 2.08. The summed E-state index contributed by atoms with van der Waals surface area (Å²) in [6.07, 6.45) is 4.09. The van der Waals surface area contributed by atoms with Crippen LogP contribution in [0.4, 0.5) is 5.13 Å². The van der Waals surface area contributed by atoms with Crippen LogP contribution in [0.25, 0.3) is 0 Å². The number of rotatable bonds is 7. The topological polar surface area (TPSA) is 37.8 Å². The van der Waals surface area contributed by atoms with Crippen molar-refractivity contribution in [3.63, 3.8) is 0 Å². The van der Waals surface area contributed by atoms with Crippen LogP contribution in [0.1, 0.15) is 38.9 Å². The number of nitrogens with zero attached hydrogens (tertiary/aromatic N) is 2. The van der Waals surface area contributed by atoms with E-state index >= 15 is 0 Å². The molecule has 0 saturated carbocycles. The van der Waals surface area contributed by atoms with Crippen LogP contribution in [0, 0.1) is 0 Å². The van der Waals surface area contributed by atoms with Gasteiger partial charge in [-0.25, -0.2) is 4.98 Å². The number of halogens is 1. The van der Waals surface area contributed by atoms with E-state index < -0.39 is 0 Å². The van der Waals surface area contributed by atoms with E-state index in [-0.39, 0.29) is 0 Å². The third kappa shape index (κ3) is 4.34. The van der Waals surface area contributed by atoms with Gasteiger partial charge in [0.2, 0.25) is 5.13 Å². The summed E-state index contributed by atoms with van der Waals surface area (Å²) in [5, 5.41) is 4.30. The maximum absolute atomic E-state index is 5.72. The number of alkyl halides is 1. The van der Waals surface area contributed by atoms with E-state index in [0.717, 1.165) is 36.6 Å². The summed E-state index contributed by atoms with van der Waals surface area (Å²) in [5.41, 5.74) is 0. The van der Waals surface area contributed by atoms with Crippen LogP contribution in [-0.4, -0.2) is 21.3 Å². The summed E-state index contributed by atoms with van der Waals surface area (Å²) < 4.78 is 4.29. The summed E-state index contributed by atoms with van der Waals surface area (Å²) in [7, 11) is 0. The van der Waals surface area contributed by atoms with Crippen molar-refractivity contribution < 1.29 is 0 Å². The van der Waals surface area contributed by atoms with Crippen molar-refractivity contribution in [2.45, 2.75) is 45.6 Å². The zero-order valence-corrected chi connectivity index (χ0v) is 10.9. The zero-order chi connectivity index (χ0) is 11.1. The monoisotopic (exact) mass is 247 g/mol. The molecule has 0 saturated heterocycles. The van der Waals surface area contributed by atoms with Gasteiger partial charge in [-0.05, 0) is 19.3 Å².